The summed E-state index contributed by atoms with van der Waals surface area (Å²) in [7, 11) is -3.40. The van der Waals surface area contributed by atoms with Crippen molar-refractivity contribution >= 4 is 31.6 Å². The SMILES string of the molecule is CCS(=O)(=O)Nc1ccc2c(c1)CC(C)N(C13CC(C1)C3)C2c1c(F)cc(Br)cc1F. The summed E-state index contributed by atoms with van der Waals surface area (Å²) in [5, 5.41) is 0. The second-order valence-corrected chi connectivity index (χ2v) is 12.2. The Labute approximate surface area is 190 Å². The monoisotopic (exact) mass is 510 g/mol. The Hall–Kier alpha value is -1.51. The molecular formula is C23H25BrF2N2O2S. The van der Waals surface area contributed by atoms with Crippen LogP contribution in [0.3, 0.4) is 0 Å². The molecule has 1 N–H and O–H groups in total. The maximum absolute atomic E-state index is 15.2. The average Bonchev–Trinajstić information content (AvgIpc) is 2.60. The predicted molar refractivity (Wildman–Crippen MR) is 121 cm³/mol. The van der Waals surface area contributed by atoms with E-state index in [4.69, 9.17) is 0 Å². The smallest absolute Gasteiger partial charge is 0.232 e. The summed E-state index contributed by atoms with van der Waals surface area (Å²) < 4.78 is 57.4. The van der Waals surface area contributed by atoms with Crippen molar-refractivity contribution in [3.8, 4) is 0 Å². The van der Waals surface area contributed by atoms with E-state index in [1.54, 1.807) is 13.0 Å². The summed E-state index contributed by atoms with van der Waals surface area (Å²) in [5.41, 5.74) is 2.35. The standard InChI is InChI=1S/C23H25BrF2N2O2S/c1-3-31(29,30)27-17-4-5-18-15(7-17)6-13(2)28(23-10-14(11-23)12-23)22(18)21-19(25)8-16(24)9-20(21)26/h4-5,7-9,13-14,22,27H,3,6,10-12H2,1-2H3. The van der Waals surface area contributed by atoms with E-state index in [1.165, 1.54) is 12.1 Å². The zero-order chi connectivity index (χ0) is 22.1. The van der Waals surface area contributed by atoms with Gasteiger partial charge in [0.25, 0.3) is 0 Å². The number of nitrogens with one attached hydrogen (secondary N) is 1. The van der Waals surface area contributed by atoms with E-state index in [0.717, 1.165) is 36.3 Å². The van der Waals surface area contributed by atoms with E-state index in [-0.39, 0.29) is 22.9 Å². The predicted octanol–water partition coefficient (Wildman–Crippen LogP) is 5.38. The normalized spacial score (nSPS) is 29.6. The summed E-state index contributed by atoms with van der Waals surface area (Å²) in [5.74, 6) is -0.413. The van der Waals surface area contributed by atoms with Gasteiger partial charge in [0.15, 0.2) is 0 Å². The van der Waals surface area contributed by atoms with Crippen LogP contribution >= 0.6 is 15.9 Å². The van der Waals surface area contributed by atoms with Crippen LogP contribution in [0, 0.1) is 17.6 Å². The van der Waals surface area contributed by atoms with Crippen LogP contribution in [-0.4, -0.2) is 30.7 Å². The molecule has 31 heavy (non-hydrogen) atoms. The first-order chi connectivity index (χ1) is 14.6. The van der Waals surface area contributed by atoms with Gasteiger partial charge >= 0.3 is 0 Å². The minimum atomic E-state index is -3.40. The van der Waals surface area contributed by atoms with E-state index in [1.807, 2.05) is 12.1 Å². The second kappa shape index (κ2) is 7.25. The van der Waals surface area contributed by atoms with Crippen molar-refractivity contribution in [3.05, 3.63) is 63.1 Å². The first-order valence-corrected chi connectivity index (χ1v) is 13.1. The van der Waals surface area contributed by atoms with Crippen molar-refractivity contribution in [1.29, 1.82) is 0 Å². The number of hydrogen-bond acceptors (Lipinski definition) is 3. The molecule has 0 spiro atoms. The number of halogens is 3. The van der Waals surface area contributed by atoms with Gasteiger partial charge in [0.2, 0.25) is 10.0 Å². The van der Waals surface area contributed by atoms with Crippen molar-refractivity contribution < 1.29 is 17.2 Å². The van der Waals surface area contributed by atoms with Crippen LogP contribution in [0.2, 0.25) is 0 Å². The number of fused-ring (bicyclic) bond motifs is 1. The third kappa shape index (κ3) is 3.42. The van der Waals surface area contributed by atoms with Gasteiger partial charge in [-0.1, -0.05) is 22.0 Å². The molecule has 0 aromatic heterocycles. The topological polar surface area (TPSA) is 49.4 Å². The van der Waals surface area contributed by atoms with E-state index in [0.29, 0.717) is 16.6 Å². The lowest BCUT2D eigenvalue weighted by Gasteiger charge is -2.70. The van der Waals surface area contributed by atoms with E-state index in [2.05, 4.69) is 32.5 Å². The van der Waals surface area contributed by atoms with E-state index >= 15 is 8.78 Å². The summed E-state index contributed by atoms with van der Waals surface area (Å²) in [6.45, 7) is 3.69. The molecule has 0 saturated heterocycles. The number of anilines is 1. The molecule has 166 valence electrons. The van der Waals surface area contributed by atoms with E-state index < -0.39 is 27.7 Å². The minimum Gasteiger partial charge on any atom is -0.284 e. The van der Waals surface area contributed by atoms with Gasteiger partial charge in [0.05, 0.1) is 11.8 Å². The third-order valence-electron chi connectivity index (χ3n) is 7.23. The summed E-state index contributed by atoms with van der Waals surface area (Å²) in [6.07, 6.45) is 3.95. The molecule has 1 heterocycles. The molecule has 3 aliphatic carbocycles. The molecule has 2 aromatic carbocycles. The number of hydrogen-bond donors (Lipinski definition) is 1. The Bertz CT molecular complexity index is 1130. The molecule has 4 nitrogen and oxygen atoms in total. The Morgan fingerprint density at radius 1 is 1.16 bits per heavy atom. The highest BCUT2D eigenvalue weighted by atomic mass is 79.9. The van der Waals surface area contributed by atoms with Crippen LogP contribution in [0.5, 0.6) is 0 Å². The van der Waals surface area contributed by atoms with Crippen molar-refractivity contribution in [1.82, 2.24) is 4.90 Å². The number of rotatable bonds is 5. The summed E-state index contributed by atoms with van der Waals surface area (Å²) in [6, 6.07) is 7.54. The molecule has 2 atom stereocenters. The van der Waals surface area contributed by atoms with Gasteiger partial charge in [-0.05, 0) is 80.8 Å². The fraction of sp³-hybridized carbons (Fsp3) is 0.478. The molecule has 2 bridgehead atoms. The van der Waals surface area contributed by atoms with Crippen molar-refractivity contribution in [2.24, 2.45) is 5.92 Å². The second-order valence-electron chi connectivity index (χ2n) is 9.27. The number of sulfonamides is 1. The lowest BCUT2D eigenvalue weighted by atomic mass is 9.48. The first kappa shape index (κ1) is 21.3. The van der Waals surface area contributed by atoms with Crippen molar-refractivity contribution in [2.75, 3.05) is 10.5 Å². The van der Waals surface area contributed by atoms with Gasteiger partial charge < -0.3 is 0 Å². The van der Waals surface area contributed by atoms with Gasteiger partial charge in [0.1, 0.15) is 11.6 Å². The van der Waals surface area contributed by atoms with Crippen LogP contribution in [0.4, 0.5) is 14.5 Å². The summed E-state index contributed by atoms with van der Waals surface area (Å²) in [4.78, 5) is 2.33. The zero-order valence-electron chi connectivity index (χ0n) is 17.5. The highest BCUT2D eigenvalue weighted by molar-refractivity contribution is 9.10. The highest BCUT2D eigenvalue weighted by Crippen LogP contribution is 2.64. The van der Waals surface area contributed by atoms with Gasteiger partial charge in [-0.15, -0.1) is 0 Å². The zero-order valence-corrected chi connectivity index (χ0v) is 19.9. The molecule has 2 aromatic rings. The largest absolute Gasteiger partial charge is 0.284 e. The molecule has 4 aliphatic rings. The van der Waals surface area contributed by atoms with Crippen LogP contribution in [0.15, 0.2) is 34.8 Å². The maximum atomic E-state index is 15.2. The lowest BCUT2D eigenvalue weighted by molar-refractivity contribution is -0.174. The highest BCUT2D eigenvalue weighted by Gasteiger charge is 2.63. The average molecular weight is 511 g/mol. The number of nitrogens with zero attached hydrogens (tertiary/aromatic N) is 1. The van der Waals surface area contributed by atoms with Crippen molar-refractivity contribution in [2.45, 2.75) is 57.2 Å². The molecule has 1 aliphatic heterocycles. The third-order valence-corrected chi connectivity index (χ3v) is 8.99. The van der Waals surface area contributed by atoms with Crippen LogP contribution in [-0.2, 0) is 16.4 Å². The first-order valence-electron chi connectivity index (χ1n) is 10.7. The Morgan fingerprint density at radius 2 is 1.81 bits per heavy atom. The fourth-order valence-corrected chi connectivity index (χ4v) is 6.82. The molecule has 0 radical (unpaired) electrons. The minimum absolute atomic E-state index is 0.0147. The molecular weight excluding hydrogens is 486 g/mol. The molecule has 2 unspecified atom stereocenters. The van der Waals surface area contributed by atoms with E-state index in [9.17, 15) is 8.42 Å². The Kier molecular flexibility index (Phi) is 4.99. The van der Waals surface area contributed by atoms with Gasteiger partial charge in [0, 0.05) is 27.3 Å². The van der Waals surface area contributed by atoms with Crippen molar-refractivity contribution in [3.63, 3.8) is 0 Å². The molecule has 6 rings (SSSR count). The van der Waals surface area contributed by atoms with Crippen LogP contribution in [0.1, 0.15) is 55.8 Å². The van der Waals surface area contributed by atoms with Crippen LogP contribution in [0.25, 0.3) is 0 Å². The molecule has 8 heteroatoms. The van der Waals surface area contributed by atoms with Gasteiger partial charge in [-0.3, -0.25) is 9.62 Å². The van der Waals surface area contributed by atoms with Crippen LogP contribution < -0.4 is 4.72 Å². The summed E-state index contributed by atoms with van der Waals surface area (Å²) >= 11 is 3.19. The van der Waals surface area contributed by atoms with Gasteiger partial charge in [-0.25, -0.2) is 17.2 Å². The Morgan fingerprint density at radius 3 is 2.35 bits per heavy atom. The molecule has 0 amide bonds. The van der Waals surface area contributed by atoms with Gasteiger partial charge in [-0.2, -0.15) is 0 Å². The maximum Gasteiger partial charge on any atom is 0.232 e. The molecule has 3 fully saturated rings. The molecule has 3 saturated carbocycles. The number of benzene rings is 2. The quantitative estimate of drug-likeness (QED) is 0.587. The Balaban J connectivity index is 1.64. The lowest BCUT2D eigenvalue weighted by Crippen LogP contribution is -2.71. The fourth-order valence-electron chi connectivity index (χ4n) is 5.78.